The quantitative estimate of drug-likeness (QED) is 0.752. The maximum absolute atomic E-state index is 11.3. The highest BCUT2D eigenvalue weighted by molar-refractivity contribution is 7.89. The molecule has 16 heavy (non-hydrogen) atoms. The third kappa shape index (κ3) is 2.81. The van der Waals surface area contributed by atoms with Crippen molar-refractivity contribution in [2.75, 3.05) is 13.2 Å². The Morgan fingerprint density at radius 2 is 2.06 bits per heavy atom. The molecular formula is C9H17N3O3S. The number of nitrogens with zero attached hydrogens (tertiary/aromatic N) is 2. The molecule has 1 aromatic rings. The van der Waals surface area contributed by atoms with E-state index in [-0.39, 0.29) is 4.90 Å². The van der Waals surface area contributed by atoms with Crippen molar-refractivity contribution in [1.82, 2.24) is 9.78 Å². The van der Waals surface area contributed by atoms with E-state index in [1.807, 2.05) is 6.92 Å². The minimum atomic E-state index is -3.70. The number of ether oxygens (including phenoxy) is 1. The molecule has 0 saturated carbocycles. The Morgan fingerprint density at radius 1 is 1.44 bits per heavy atom. The molecule has 0 bridgehead atoms. The van der Waals surface area contributed by atoms with Gasteiger partial charge in [0.05, 0.1) is 24.5 Å². The average molecular weight is 247 g/mol. The van der Waals surface area contributed by atoms with Gasteiger partial charge in [0.2, 0.25) is 10.0 Å². The summed E-state index contributed by atoms with van der Waals surface area (Å²) in [5, 5.41) is 9.24. The zero-order valence-electron chi connectivity index (χ0n) is 9.73. The van der Waals surface area contributed by atoms with E-state index < -0.39 is 10.0 Å². The number of sulfonamides is 1. The predicted octanol–water partition coefficient (Wildman–Crippen LogP) is 0.184. The molecule has 0 saturated heterocycles. The molecule has 0 spiro atoms. The van der Waals surface area contributed by atoms with Crippen molar-refractivity contribution in [3.63, 3.8) is 0 Å². The number of hydrogen-bond acceptors (Lipinski definition) is 4. The first-order chi connectivity index (χ1) is 7.38. The Balaban J connectivity index is 2.99. The van der Waals surface area contributed by atoms with Crippen molar-refractivity contribution >= 4 is 10.0 Å². The van der Waals surface area contributed by atoms with Gasteiger partial charge in [-0.05, 0) is 20.8 Å². The van der Waals surface area contributed by atoms with Crippen molar-refractivity contribution in [2.24, 2.45) is 5.14 Å². The molecule has 0 atom stereocenters. The molecule has 1 heterocycles. The summed E-state index contributed by atoms with van der Waals surface area (Å²) in [5.74, 6) is 0. The fraction of sp³-hybridized carbons (Fsp3) is 0.667. The first-order valence-electron chi connectivity index (χ1n) is 5.02. The van der Waals surface area contributed by atoms with E-state index in [4.69, 9.17) is 9.88 Å². The van der Waals surface area contributed by atoms with Gasteiger partial charge < -0.3 is 4.74 Å². The molecule has 0 aliphatic heterocycles. The average Bonchev–Trinajstić information content (AvgIpc) is 2.41. The second-order valence-corrected chi connectivity index (χ2v) is 4.96. The van der Waals surface area contributed by atoms with Gasteiger partial charge in [-0.3, -0.25) is 4.68 Å². The number of aryl methyl sites for hydroxylation is 1. The molecular weight excluding hydrogens is 230 g/mol. The zero-order chi connectivity index (χ0) is 12.3. The molecule has 0 fully saturated rings. The normalized spacial score (nSPS) is 12.0. The van der Waals surface area contributed by atoms with Gasteiger partial charge in [-0.25, -0.2) is 13.6 Å². The minimum absolute atomic E-state index is 0.115. The molecule has 1 aromatic heterocycles. The van der Waals surface area contributed by atoms with Gasteiger partial charge in [0.15, 0.2) is 0 Å². The monoisotopic (exact) mass is 247 g/mol. The van der Waals surface area contributed by atoms with Crippen LogP contribution in [0.5, 0.6) is 0 Å². The third-order valence-electron chi connectivity index (χ3n) is 2.25. The third-order valence-corrected chi connectivity index (χ3v) is 3.41. The molecule has 0 unspecified atom stereocenters. The first kappa shape index (κ1) is 13.1. The molecule has 0 aliphatic carbocycles. The van der Waals surface area contributed by atoms with Crippen LogP contribution in [-0.4, -0.2) is 31.4 Å². The summed E-state index contributed by atoms with van der Waals surface area (Å²) >= 11 is 0. The Labute approximate surface area is 95.4 Å². The number of aromatic nitrogens is 2. The maximum Gasteiger partial charge on any atom is 0.241 e. The van der Waals surface area contributed by atoms with Crippen molar-refractivity contribution in [2.45, 2.75) is 32.2 Å². The summed E-state index contributed by atoms with van der Waals surface area (Å²) in [7, 11) is -3.70. The van der Waals surface area contributed by atoms with E-state index in [1.165, 1.54) is 0 Å². The number of primary sulfonamides is 1. The summed E-state index contributed by atoms with van der Waals surface area (Å²) < 4.78 is 29.4. The van der Waals surface area contributed by atoms with Crippen LogP contribution >= 0.6 is 0 Å². The lowest BCUT2D eigenvalue weighted by Crippen LogP contribution is -2.15. The fourth-order valence-electron chi connectivity index (χ4n) is 1.61. The van der Waals surface area contributed by atoms with Crippen LogP contribution in [0.25, 0.3) is 0 Å². The summed E-state index contributed by atoms with van der Waals surface area (Å²) in [4.78, 5) is 0.115. The van der Waals surface area contributed by atoms with Crippen molar-refractivity contribution in [1.29, 1.82) is 0 Å². The van der Waals surface area contributed by atoms with Crippen molar-refractivity contribution in [3.05, 3.63) is 11.4 Å². The first-order valence-corrected chi connectivity index (χ1v) is 6.57. The van der Waals surface area contributed by atoms with Crippen LogP contribution in [0, 0.1) is 13.8 Å². The molecule has 92 valence electrons. The standard InChI is InChI=1S/C9H17N3O3S/c1-4-15-6-5-12-8(3)9(7(2)11-12)16(10,13)14/h4-6H2,1-3H3,(H2,10,13,14). The van der Waals surface area contributed by atoms with Crippen LogP contribution in [0.3, 0.4) is 0 Å². The Hall–Kier alpha value is -0.920. The summed E-state index contributed by atoms with van der Waals surface area (Å²) in [5.41, 5.74) is 0.983. The van der Waals surface area contributed by atoms with Crippen molar-refractivity contribution < 1.29 is 13.2 Å². The summed E-state index contributed by atoms with van der Waals surface area (Å²) in [6, 6.07) is 0. The Bertz CT molecular complexity index is 465. The topological polar surface area (TPSA) is 87.2 Å². The lowest BCUT2D eigenvalue weighted by Gasteiger charge is -2.04. The molecule has 0 aliphatic rings. The van der Waals surface area contributed by atoms with Gasteiger partial charge in [0.25, 0.3) is 0 Å². The van der Waals surface area contributed by atoms with Crippen LogP contribution in [0.2, 0.25) is 0 Å². The smallest absolute Gasteiger partial charge is 0.241 e. The SMILES string of the molecule is CCOCCn1nc(C)c(S(N)(=O)=O)c1C. The molecule has 0 amide bonds. The largest absolute Gasteiger partial charge is 0.380 e. The summed E-state index contributed by atoms with van der Waals surface area (Å²) in [6.07, 6.45) is 0. The Kier molecular flexibility index (Phi) is 4.06. The number of nitrogens with two attached hydrogens (primary N) is 1. The van der Waals surface area contributed by atoms with E-state index in [0.29, 0.717) is 31.1 Å². The highest BCUT2D eigenvalue weighted by atomic mass is 32.2. The van der Waals surface area contributed by atoms with Crippen LogP contribution in [0.1, 0.15) is 18.3 Å². The number of rotatable bonds is 5. The highest BCUT2D eigenvalue weighted by Crippen LogP contribution is 2.17. The molecule has 2 N–H and O–H groups in total. The van der Waals surface area contributed by atoms with Gasteiger partial charge in [0.1, 0.15) is 4.90 Å². The molecule has 0 radical (unpaired) electrons. The zero-order valence-corrected chi connectivity index (χ0v) is 10.5. The molecule has 0 aromatic carbocycles. The van der Waals surface area contributed by atoms with Gasteiger partial charge >= 0.3 is 0 Å². The van der Waals surface area contributed by atoms with Crippen molar-refractivity contribution in [3.8, 4) is 0 Å². The van der Waals surface area contributed by atoms with Crippen LogP contribution in [-0.2, 0) is 21.3 Å². The van der Waals surface area contributed by atoms with Crippen LogP contribution in [0.4, 0.5) is 0 Å². The second kappa shape index (κ2) is 4.94. The van der Waals surface area contributed by atoms with Crippen LogP contribution in [0.15, 0.2) is 4.90 Å². The van der Waals surface area contributed by atoms with E-state index >= 15 is 0 Å². The second-order valence-electron chi connectivity index (χ2n) is 3.47. The summed E-state index contributed by atoms with van der Waals surface area (Å²) in [6.45, 7) is 6.87. The van der Waals surface area contributed by atoms with E-state index in [0.717, 1.165) is 0 Å². The minimum Gasteiger partial charge on any atom is -0.380 e. The van der Waals surface area contributed by atoms with E-state index in [2.05, 4.69) is 5.10 Å². The van der Waals surface area contributed by atoms with Gasteiger partial charge in [-0.2, -0.15) is 5.10 Å². The number of hydrogen-bond donors (Lipinski definition) is 1. The Morgan fingerprint density at radius 3 is 2.50 bits per heavy atom. The molecule has 1 rings (SSSR count). The van der Waals surface area contributed by atoms with Gasteiger partial charge in [-0.15, -0.1) is 0 Å². The molecule has 7 heteroatoms. The van der Waals surface area contributed by atoms with Crippen LogP contribution < -0.4 is 5.14 Å². The van der Waals surface area contributed by atoms with E-state index in [1.54, 1.807) is 18.5 Å². The molecule has 6 nitrogen and oxygen atoms in total. The maximum atomic E-state index is 11.3. The lowest BCUT2D eigenvalue weighted by atomic mass is 10.4. The lowest BCUT2D eigenvalue weighted by molar-refractivity contribution is 0.135. The predicted molar refractivity (Wildman–Crippen MR) is 59.6 cm³/mol. The fourth-order valence-corrected chi connectivity index (χ4v) is 2.58. The van der Waals surface area contributed by atoms with Gasteiger partial charge in [-0.1, -0.05) is 0 Å². The van der Waals surface area contributed by atoms with Gasteiger partial charge in [0, 0.05) is 6.61 Å². The highest BCUT2D eigenvalue weighted by Gasteiger charge is 2.20. The van der Waals surface area contributed by atoms with E-state index in [9.17, 15) is 8.42 Å².